The molecule has 6 heteroatoms. The lowest BCUT2D eigenvalue weighted by Gasteiger charge is -2.13. The van der Waals surface area contributed by atoms with Gasteiger partial charge in [0.05, 0.1) is 5.56 Å². The minimum absolute atomic E-state index is 0.160. The fourth-order valence-electron chi connectivity index (χ4n) is 2.00. The van der Waals surface area contributed by atoms with E-state index in [0.29, 0.717) is 0 Å². The van der Waals surface area contributed by atoms with Crippen LogP contribution >= 0.6 is 7.82 Å². The second-order valence-corrected chi connectivity index (χ2v) is 6.50. The van der Waals surface area contributed by atoms with Gasteiger partial charge in [-0.1, -0.05) is 43.2 Å². The summed E-state index contributed by atoms with van der Waals surface area (Å²) in [4.78, 5) is 21.6. The molecule has 2 aromatic carbocycles. The fraction of sp³-hybridized carbons (Fsp3) is 0.235. The molecule has 0 saturated carbocycles. The smallest absolute Gasteiger partial charge is 0.395 e. The number of carbonyl (C=O) groups is 1. The van der Waals surface area contributed by atoms with Crippen LogP contribution in [-0.4, -0.2) is 10.9 Å². The predicted octanol–water partition coefficient (Wildman–Crippen LogP) is 4.28. The van der Waals surface area contributed by atoms with Crippen molar-refractivity contribution in [3.63, 3.8) is 0 Å². The van der Waals surface area contributed by atoms with E-state index in [1.165, 1.54) is 12.1 Å². The topological polar surface area (TPSA) is 72.8 Å². The average molecular weight is 334 g/mol. The van der Waals surface area contributed by atoms with Gasteiger partial charge in [-0.3, -0.25) is 4.89 Å². The van der Waals surface area contributed by atoms with Crippen molar-refractivity contribution in [3.05, 3.63) is 65.2 Å². The van der Waals surface area contributed by atoms with Gasteiger partial charge in [0, 0.05) is 0 Å². The second kappa shape index (κ2) is 7.44. The van der Waals surface area contributed by atoms with Gasteiger partial charge in [0.2, 0.25) is 0 Å². The molecule has 1 atom stereocenters. The van der Waals surface area contributed by atoms with Crippen molar-refractivity contribution < 1.29 is 23.3 Å². The molecule has 2 aromatic rings. The Kier molecular flexibility index (Phi) is 5.59. The van der Waals surface area contributed by atoms with Crippen LogP contribution in [0.3, 0.4) is 0 Å². The number of phosphoric acid groups is 1. The Labute approximate surface area is 135 Å². The molecule has 0 aliphatic rings. The van der Waals surface area contributed by atoms with E-state index in [1.807, 2.05) is 6.92 Å². The Morgan fingerprint density at radius 3 is 2.26 bits per heavy atom. The molecule has 0 spiro atoms. The molecule has 0 bridgehead atoms. The van der Waals surface area contributed by atoms with Gasteiger partial charge in [0.1, 0.15) is 5.75 Å². The van der Waals surface area contributed by atoms with Crippen LogP contribution in [0.4, 0.5) is 0 Å². The molecule has 0 aromatic heterocycles. The molecular weight excluding hydrogens is 315 g/mol. The first-order valence-corrected chi connectivity index (χ1v) is 8.81. The summed E-state index contributed by atoms with van der Waals surface area (Å²) in [5, 5.41) is 0. The van der Waals surface area contributed by atoms with Gasteiger partial charge < -0.3 is 9.05 Å². The molecular formula is C17H19O5P. The zero-order valence-corrected chi connectivity index (χ0v) is 14.0. The van der Waals surface area contributed by atoms with Gasteiger partial charge in [-0.15, -0.1) is 0 Å². The van der Waals surface area contributed by atoms with Crippen LogP contribution < -0.4 is 4.52 Å². The Morgan fingerprint density at radius 2 is 1.70 bits per heavy atom. The summed E-state index contributed by atoms with van der Waals surface area (Å²) in [6.07, 6.45) is 1.91. The minimum Gasteiger partial charge on any atom is -0.395 e. The SMILES string of the molecule is CCCc1ccc(C(=O)OP(=O)(O)Oc2ccc(C)cc2)cc1. The van der Waals surface area contributed by atoms with Gasteiger partial charge in [-0.25, -0.2) is 9.36 Å². The highest BCUT2D eigenvalue weighted by Gasteiger charge is 2.28. The largest absolute Gasteiger partial charge is 0.587 e. The molecule has 0 aliphatic heterocycles. The third kappa shape index (κ3) is 5.23. The van der Waals surface area contributed by atoms with Crippen molar-refractivity contribution in [1.82, 2.24) is 0 Å². The summed E-state index contributed by atoms with van der Waals surface area (Å²) in [6, 6.07) is 13.2. The van der Waals surface area contributed by atoms with Crippen LogP contribution in [0.15, 0.2) is 48.5 Å². The maximum absolute atomic E-state index is 11.9. The third-order valence-electron chi connectivity index (χ3n) is 3.17. The zero-order valence-electron chi connectivity index (χ0n) is 13.1. The predicted molar refractivity (Wildman–Crippen MR) is 87.5 cm³/mol. The minimum atomic E-state index is -4.53. The molecule has 122 valence electrons. The van der Waals surface area contributed by atoms with Crippen molar-refractivity contribution in [1.29, 1.82) is 0 Å². The molecule has 2 rings (SSSR count). The summed E-state index contributed by atoms with van der Waals surface area (Å²) in [7, 11) is -4.53. The molecule has 1 unspecified atom stereocenters. The summed E-state index contributed by atoms with van der Waals surface area (Å²) in [6.45, 7) is 3.94. The molecule has 0 amide bonds. The van der Waals surface area contributed by atoms with E-state index in [1.54, 1.807) is 36.4 Å². The third-order valence-corrected chi connectivity index (χ3v) is 4.01. The Morgan fingerprint density at radius 1 is 1.09 bits per heavy atom. The first kappa shape index (κ1) is 17.3. The number of rotatable bonds is 6. The number of hydrogen-bond acceptors (Lipinski definition) is 4. The summed E-state index contributed by atoms with van der Waals surface area (Å²) in [5.41, 5.74) is 2.27. The highest BCUT2D eigenvalue weighted by molar-refractivity contribution is 7.48. The highest BCUT2D eigenvalue weighted by atomic mass is 31.2. The summed E-state index contributed by atoms with van der Waals surface area (Å²) < 4.78 is 21.4. The molecule has 1 N–H and O–H groups in total. The lowest BCUT2D eigenvalue weighted by Crippen LogP contribution is -2.06. The van der Waals surface area contributed by atoms with Gasteiger partial charge in [0.15, 0.2) is 0 Å². The standard InChI is InChI=1S/C17H19O5P/c1-3-4-14-7-9-15(10-8-14)17(18)22-23(19,20)21-16-11-5-13(2)6-12-16/h5-12H,3-4H2,1-2H3,(H,19,20). The van der Waals surface area contributed by atoms with E-state index in [-0.39, 0.29) is 11.3 Å². The van der Waals surface area contributed by atoms with E-state index in [4.69, 9.17) is 4.52 Å². The van der Waals surface area contributed by atoms with E-state index < -0.39 is 13.8 Å². The van der Waals surface area contributed by atoms with E-state index >= 15 is 0 Å². The molecule has 0 heterocycles. The molecule has 0 saturated heterocycles. The molecule has 23 heavy (non-hydrogen) atoms. The van der Waals surface area contributed by atoms with E-state index in [0.717, 1.165) is 24.0 Å². The quantitative estimate of drug-likeness (QED) is 0.798. The van der Waals surface area contributed by atoms with Crippen LogP contribution in [0.25, 0.3) is 0 Å². The van der Waals surface area contributed by atoms with Crippen LogP contribution in [0.2, 0.25) is 0 Å². The van der Waals surface area contributed by atoms with Crippen molar-refractivity contribution >= 4 is 13.8 Å². The monoisotopic (exact) mass is 334 g/mol. The van der Waals surface area contributed by atoms with Crippen molar-refractivity contribution in [2.75, 3.05) is 0 Å². The first-order valence-electron chi connectivity index (χ1n) is 7.31. The van der Waals surface area contributed by atoms with Crippen LogP contribution in [-0.2, 0) is 15.5 Å². The van der Waals surface area contributed by atoms with E-state index in [9.17, 15) is 14.3 Å². The number of benzene rings is 2. The van der Waals surface area contributed by atoms with Gasteiger partial charge in [-0.05, 0) is 43.2 Å². The zero-order chi connectivity index (χ0) is 16.9. The Bertz CT molecular complexity index is 707. The van der Waals surface area contributed by atoms with Gasteiger partial charge in [0.25, 0.3) is 0 Å². The molecule has 0 radical (unpaired) electrons. The number of phosphoric ester groups is 1. The summed E-state index contributed by atoms with van der Waals surface area (Å²) >= 11 is 0. The Hall–Kier alpha value is -2.10. The Balaban J connectivity index is 2.02. The second-order valence-electron chi connectivity index (χ2n) is 5.20. The molecule has 5 nitrogen and oxygen atoms in total. The normalized spacial score (nSPS) is 13.2. The average Bonchev–Trinajstić information content (AvgIpc) is 2.50. The van der Waals surface area contributed by atoms with Crippen LogP contribution in [0, 0.1) is 6.92 Å². The lowest BCUT2D eigenvalue weighted by atomic mass is 10.1. The van der Waals surface area contributed by atoms with E-state index in [2.05, 4.69) is 11.4 Å². The molecule has 0 fully saturated rings. The maximum Gasteiger partial charge on any atom is 0.587 e. The number of hydrogen-bond donors (Lipinski definition) is 1. The van der Waals surface area contributed by atoms with Crippen molar-refractivity contribution in [3.8, 4) is 5.75 Å². The van der Waals surface area contributed by atoms with Gasteiger partial charge in [-0.2, -0.15) is 0 Å². The summed E-state index contributed by atoms with van der Waals surface area (Å²) in [5.74, 6) is -0.737. The maximum atomic E-state index is 11.9. The lowest BCUT2D eigenvalue weighted by molar-refractivity contribution is 0.0683. The van der Waals surface area contributed by atoms with Crippen LogP contribution in [0.1, 0.15) is 34.8 Å². The first-order chi connectivity index (χ1) is 10.9. The number of carbonyl (C=O) groups excluding carboxylic acids is 1. The fourth-order valence-corrected chi connectivity index (χ4v) is 2.74. The van der Waals surface area contributed by atoms with Crippen molar-refractivity contribution in [2.45, 2.75) is 26.7 Å². The molecule has 0 aliphatic carbocycles. The van der Waals surface area contributed by atoms with Crippen LogP contribution in [0.5, 0.6) is 5.75 Å². The van der Waals surface area contributed by atoms with Gasteiger partial charge >= 0.3 is 13.8 Å². The highest BCUT2D eigenvalue weighted by Crippen LogP contribution is 2.44. The van der Waals surface area contributed by atoms with Crippen molar-refractivity contribution in [2.24, 2.45) is 0 Å². The number of aryl methyl sites for hydroxylation is 2.